The quantitative estimate of drug-likeness (QED) is 0.765. The Labute approximate surface area is 134 Å². The van der Waals surface area contributed by atoms with E-state index in [-0.39, 0.29) is 11.6 Å². The maximum absolute atomic E-state index is 12.6. The van der Waals surface area contributed by atoms with Crippen LogP contribution in [0.15, 0.2) is 42.5 Å². The molecule has 120 valence electrons. The molecule has 3 heteroatoms. The zero-order valence-electron chi connectivity index (χ0n) is 14.1. The molecule has 1 aliphatic heterocycles. The normalized spacial score (nSPS) is 22.3. The van der Waals surface area contributed by atoms with Crippen molar-refractivity contribution in [2.45, 2.75) is 58.1 Å². The highest BCUT2D eigenvalue weighted by Gasteiger charge is 2.43. The van der Waals surface area contributed by atoms with Crippen LogP contribution in [0.25, 0.3) is 0 Å². The average Bonchev–Trinajstić information content (AvgIpc) is 2.82. The number of carbonyl (C=O) groups is 1. The van der Waals surface area contributed by atoms with Crippen molar-refractivity contribution in [3.05, 3.63) is 48.0 Å². The van der Waals surface area contributed by atoms with E-state index < -0.39 is 5.60 Å². The van der Waals surface area contributed by atoms with Crippen LogP contribution in [0.4, 0.5) is 4.79 Å². The minimum atomic E-state index is -0.464. The van der Waals surface area contributed by atoms with Gasteiger partial charge in [-0.2, -0.15) is 0 Å². The molecule has 0 unspecified atom stereocenters. The lowest BCUT2D eigenvalue weighted by molar-refractivity contribution is 0.0147. The second kappa shape index (κ2) is 6.55. The third-order valence-electron chi connectivity index (χ3n) is 3.97. The van der Waals surface area contributed by atoms with Crippen LogP contribution < -0.4 is 0 Å². The zero-order chi connectivity index (χ0) is 16.2. The van der Waals surface area contributed by atoms with Gasteiger partial charge in [0.1, 0.15) is 5.60 Å². The molecule has 0 aromatic heterocycles. The minimum Gasteiger partial charge on any atom is -0.444 e. The molecular weight excluding hydrogens is 274 g/mol. The van der Waals surface area contributed by atoms with Crippen molar-refractivity contribution in [3.8, 4) is 0 Å². The van der Waals surface area contributed by atoms with Crippen LogP contribution in [0.1, 0.15) is 46.1 Å². The molecule has 22 heavy (non-hydrogen) atoms. The predicted molar refractivity (Wildman–Crippen MR) is 89.9 cm³/mol. The molecule has 0 N–H and O–H groups in total. The molecule has 1 amide bonds. The largest absolute Gasteiger partial charge is 0.444 e. The van der Waals surface area contributed by atoms with Crippen molar-refractivity contribution in [3.63, 3.8) is 0 Å². The summed E-state index contributed by atoms with van der Waals surface area (Å²) in [6.45, 7) is 8.50. The lowest BCUT2D eigenvalue weighted by atomic mass is 9.88. The zero-order valence-corrected chi connectivity index (χ0v) is 14.1. The Hall–Kier alpha value is -1.77. The Morgan fingerprint density at radius 3 is 2.59 bits per heavy atom. The summed E-state index contributed by atoms with van der Waals surface area (Å²) < 4.78 is 5.61. The smallest absolute Gasteiger partial charge is 0.411 e. The first-order chi connectivity index (χ1) is 10.4. The van der Waals surface area contributed by atoms with E-state index in [0.29, 0.717) is 0 Å². The molecule has 1 fully saturated rings. The summed E-state index contributed by atoms with van der Waals surface area (Å²) in [5, 5.41) is 0. The van der Waals surface area contributed by atoms with Crippen LogP contribution in [0.5, 0.6) is 0 Å². The molecule has 3 nitrogen and oxygen atoms in total. The topological polar surface area (TPSA) is 29.5 Å². The Kier molecular flexibility index (Phi) is 4.94. The maximum Gasteiger partial charge on any atom is 0.411 e. The van der Waals surface area contributed by atoms with Gasteiger partial charge in [-0.05, 0) is 52.5 Å². The average molecular weight is 301 g/mol. The van der Waals surface area contributed by atoms with E-state index >= 15 is 0 Å². The fraction of sp³-hybridized carbons (Fsp3) is 0.526. The number of hydrogen-bond acceptors (Lipinski definition) is 2. The molecule has 0 aliphatic carbocycles. The lowest BCUT2D eigenvalue weighted by Gasteiger charge is -2.37. The molecule has 1 aliphatic rings. The first kappa shape index (κ1) is 16.6. The summed E-state index contributed by atoms with van der Waals surface area (Å²) in [4.78, 5) is 14.5. The van der Waals surface area contributed by atoms with Crippen LogP contribution >= 0.6 is 0 Å². The van der Waals surface area contributed by atoms with Crippen LogP contribution in [0, 0.1) is 0 Å². The van der Waals surface area contributed by atoms with Gasteiger partial charge in [0.05, 0.1) is 5.54 Å². The van der Waals surface area contributed by atoms with Crippen molar-refractivity contribution < 1.29 is 9.53 Å². The van der Waals surface area contributed by atoms with E-state index in [1.54, 1.807) is 0 Å². The van der Waals surface area contributed by atoms with E-state index in [1.165, 1.54) is 5.56 Å². The second-order valence-corrected chi connectivity index (χ2v) is 7.00. The molecule has 0 spiro atoms. The molecule has 0 saturated carbocycles. The lowest BCUT2D eigenvalue weighted by Crippen LogP contribution is -2.49. The van der Waals surface area contributed by atoms with Crippen molar-refractivity contribution in [2.24, 2.45) is 0 Å². The van der Waals surface area contributed by atoms with E-state index in [0.717, 1.165) is 25.8 Å². The number of allylic oxidation sites excluding steroid dienone is 1. The molecule has 2 rings (SSSR count). The van der Waals surface area contributed by atoms with Gasteiger partial charge in [0, 0.05) is 6.54 Å². The Morgan fingerprint density at radius 2 is 2.00 bits per heavy atom. The number of hydrogen-bond donors (Lipinski definition) is 0. The molecule has 1 atom stereocenters. The molecule has 0 bridgehead atoms. The maximum atomic E-state index is 12.6. The van der Waals surface area contributed by atoms with E-state index in [9.17, 15) is 4.79 Å². The van der Waals surface area contributed by atoms with Crippen molar-refractivity contribution in [2.75, 3.05) is 6.54 Å². The van der Waals surface area contributed by atoms with Crippen LogP contribution in [-0.4, -0.2) is 28.7 Å². The highest BCUT2D eigenvalue weighted by Crippen LogP contribution is 2.35. The molecule has 1 aromatic carbocycles. The molecule has 1 aromatic rings. The fourth-order valence-corrected chi connectivity index (χ4v) is 3.17. The number of benzene rings is 1. The van der Waals surface area contributed by atoms with Gasteiger partial charge in [-0.3, -0.25) is 4.90 Å². The summed E-state index contributed by atoms with van der Waals surface area (Å²) in [6.07, 6.45) is 6.82. The standard InChI is InChI=1S/C19H27NO2/c1-5-12-19(15-16-10-7-6-8-11-16)13-9-14-20(19)17(21)22-18(2,3)4/h5-8,10-12H,9,13-15H2,1-4H3/b12-5+/t19-/m1/s1. The van der Waals surface area contributed by atoms with Gasteiger partial charge in [-0.25, -0.2) is 4.79 Å². The third kappa shape index (κ3) is 3.90. The van der Waals surface area contributed by atoms with Gasteiger partial charge in [0.25, 0.3) is 0 Å². The highest BCUT2D eigenvalue weighted by atomic mass is 16.6. The van der Waals surface area contributed by atoms with Crippen LogP contribution in [0.3, 0.4) is 0 Å². The number of rotatable bonds is 3. The summed E-state index contributed by atoms with van der Waals surface area (Å²) in [6, 6.07) is 10.4. The van der Waals surface area contributed by atoms with E-state index in [4.69, 9.17) is 4.74 Å². The first-order valence-corrected chi connectivity index (χ1v) is 8.05. The summed E-state index contributed by atoms with van der Waals surface area (Å²) in [7, 11) is 0. The van der Waals surface area contributed by atoms with Crippen molar-refractivity contribution in [1.82, 2.24) is 4.90 Å². The summed E-state index contributed by atoms with van der Waals surface area (Å²) in [5.74, 6) is 0. The number of ether oxygens (including phenoxy) is 1. The summed E-state index contributed by atoms with van der Waals surface area (Å²) in [5.41, 5.74) is 0.517. The Morgan fingerprint density at radius 1 is 1.32 bits per heavy atom. The SMILES string of the molecule is C/C=C/[C@]1(Cc2ccccc2)CCCN1C(=O)OC(C)(C)C. The van der Waals surface area contributed by atoms with Crippen LogP contribution in [-0.2, 0) is 11.2 Å². The Balaban J connectivity index is 2.26. The minimum absolute atomic E-state index is 0.209. The number of likely N-dealkylation sites (tertiary alicyclic amines) is 1. The van der Waals surface area contributed by atoms with Gasteiger partial charge in [0.15, 0.2) is 0 Å². The van der Waals surface area contributed by atoms with E-state index in [1.807, 2.05) is 56.9 Å². The molecular formula is C19H27NO2. The summed E-state index contributed by atoms with van der Waals surface area (Å²) >= 11 is 0. The van der Waals surface area contributed by atoms with Gasteiger partial charge < -0.3 is 4.74 Å². The predicted octanol–water partition coefficient (Wildman–Crippen LogP) is 4.57. The van der Waals surface area contributed by atoms with Gasteiger partial charge in [0.2, 0.25) is 0 Å². The molecule has 0 radical (unpaired) electrons. The van der Waals surface area contributed by atoms with Crippen LogP contribution in [0.2, 0.25) is 0 Å². The fourth-order valence-electron chi connectivity index (χ4n) is 3.17. The molecule has 1 heterocycles. The molecule has 1 saturated heterocycles. The third-order valence-corrected chi connectivity index (χ3v) is 3.97. The number of carbonyl (C=O) groups excluding carboxylic acids is 1. The monoisotopic (exact) mass is 301 g/mol. The van der Waals surface area contributed by atoms with Gasteiger partial charge in [-0.15, -0.1) is 0 Å². The van der Waals surface area contributed by atoms with E-state index in [2.05, 4.69) is 18.2 Å². The number of nitrogens with zero attached hydrogens (tertiary/aromatic N) is 1. The van der Waals surface area contributed by atoms with Gasteiger partial charge in [-0.1, -0.05) is 42.5 Å². The first-order valence-electron chi connectivity index (χ1n) is 8.05. The number of amides is 1. The highest BCUT2D eigenvalue weighted by molar-refractivity contribution is 5.70. The Bertz CT molecular complexity index is 530. The van der Waals surface area contributed by atoms with Gasteiger partial charge >= 0.3 is 6.09 Å². The van der Waals surface area contributed by atoms with Crippen molar-refractivity contribution in [1.29, 1.82) is 0 Å². The van der Waals surface area contributed by atoms with Crippen molar-refractivity contribution >= 4 is 6.09 Å². The second-order valence-electron chi connectivity index (χ2n) is 7.00.